The summed E-state index contributed by atoms with van der Waals surface area (Å²) >= 11 is 0. The lowest BCUT2D eigenvalue weighted by Crippen LogP contribution is -2.49. The van der Waals surface area contributed by atoms with Crippen molar-refractivity contribution in [3.05, 3.63) is 18.2 Å². The molecule has 0 spiro atoms. The molecule has 0 radical (unpaired) electrons. The molecule has 0 unspecified atom stereocenters. The van der Waals surface area contributed by atoms with Gasteiger partial charge >= 0.3 is 0 Å². The maximum Gasteiger partial charge on any atom is 0.228 e. The Bertz CT molecular complexity index is 655. The predicted octanol–water partition coefficient (Wildman–Crippen LogP) is 1.83. The molecule has 1 aromatic rings. The largest absolute Gasteiger partial charge is 0.550 e. The topological polar surface area (TPSA) is 87.7 Å². The first kappa shape index (κ1) is 18.1. The number of benzene rings is 1. The van der Waals surface area contributed by atoms with Gasteiger partial charge in [-0.3, -0.25) is 4.79 Å². The molecule has 1 aliphatic carbocycles. The van der Waals surface area contributed by atoms with Crippen molar-refractivity contribution < 1.29 is 24.2 Å². The van der Waals surface area contributed by atoms with Gasteiger partial charge in [-0.15, -0.1) is 0 Å². The highest BCUT2D eigenvalue weighted by Crippen LogP contribution is 2.56. The van der Waals surface area contributed by atoms with Crippen LogP contribution in [0, 0.1) is 16.7 Å². The molecule has 1 N–H and O–H groups in total. The van der Waals surface area contributed by atoms with Crippen LogP contribution in [-0.4, -0.2) is 26.1 Å². The molecule has 1 amide bonds. The molecular formula is C18H24NO5-. The number of amides is 1. The summed E-state index contributed by atoms with van der Waals surface area (Å²) in [6, 6.07) is 5.12. The molecule has 1 aromatic carbocycles. The van der Waals surface area contributed by atoms with E-state index < -0.39 is 22.7 Å². The van der Waals surface area contributed by atoms with Gasteiger partial charge < -0.3 is 24.7 Å². The molecule has 0 aliphatic heterocycles. The Hall–Kier alpha value is -2.24. The molecule has 0 heterocycles. The van der Waals surface area contributed by atoms with Gasteiger partial charge in [-0.2, -0.15) is 0 Å². The summed E-state index contributed by atoms with van der Waals surface area (Å²) < 4.78 is 10.4. The van der Waals surface area contributed by atoms with Gasteiger partial charge in [-0.05, 0) is 30.4 Å². The Morgan fingerprint density at radius 2 is 1.88 bits per heavy atom. The Morgan fingerprint density at radius 1 is 1.21 bits per heavy atom. The summed E-state index contributed by atoms with van der Waals surface area (Å²) in [6.45, 7) is 5.27. The number of nitrogens with one attached hydrogen (secondary N) is 1. The predicted molar refractivity (Wildman–Crippen MR) is 87.8 cm³/mol. The number of hydrogen-bond donors (Lipinski definition) is 1. The number of methoxy groups -OCH3 is 2. The van der Waals surface area contributed by atoms with Crippen LogP contribution in [0.15, 0.2) is 18.2 Å². The highest BCUT2D eigenvalue weighted by molar-refractivity contribution is 5.95. The monoisotopic (exact) mass is 334 g/mol. The molecule has 1 saturated carbocycles. The summed E-state index contributed by atoms with van der Waals surface area (Å²) in [6.07, 6.45) is 0.908. The van der Waals surface area contributed by atoms with Crippen LogP contribution in [0.4, 0.5) is 5.69 Å². The van der Waals surface area contributed by atoms with Gasteiger partial charge in [0.25, 0.3) is 0 Å². The number of carboxylic acid groups (broad SMARTS) is 1. The van der Waals surface area contributed by atoms with E-state index in [2.05, 4.69) is 5.32 Å². The maximum absolute atomic E-state index is 12.8. The minimum Gasteiger partial charge on any atom is -0.550 e. The van der Waals surface area contributed by atoms with Crippen LogP contribution in [-0.2, 0) is 9.59 Å². The average molecular weight is 334 g/mol. The number of ether oxygens (including phenoxy) is 2. The lowest BCUT2D eigenvalue weighted by molar-refractivity contribution is -0.323. The van der Waals surface area contributed by atoms with Gasteiger partial charge in [0.05, 0.1) is 19.9 Å². The van der Waals surface area contributed by atoms with Crippen LogP contribution in [0.2, 0.25) is 0 Å². The van der Waals surface area contributed by atoms with Gasteiger partial charge in [0.1, 0.15) is 11.5 Å². The zero-order chi connectivity index (χ0) is 18.1. The van der Waals surface area contributed by atoms with Crippen molar-refractivity contribution in [3.8, 4) is 11.5 Å². The lowest BCUT2D eigenvalue weighted by atomic mass is 9.65. The van der Waals surface area contributed by atoms with Crippen LogP contribution < -0.4 is 19.9 Å². The fraction of sp³-hybridized carbons (Fsp3) is 0.556. The molecule has 0 bridgehead atoms. The molecule has 1 aliphatic rings. The normalized spacial score (nSPS) is 25.1. The first-order valence-corrected chi connectivity index (χ1v) is 7.91. The van der Waals surface area contributed by atoms with E-state index in [1.807, 2.05) is 13.8 Å². The van der Waals surface area contributed by atoms with Crippen LogP contribution >= 0.6 is 0 Å². The summed E-state index contributed by atoms with van der Waals surface area (Å²) in [5.74, 6) is -0.659. The third-order valence-corrected chi connectivity index (χ3v) is 5.66. The van der Waals surface area contributed by atoms with Gasteiger partial charge in [-0.1, -0.05) is 20.8 Å². The van der Waals surface area contributed by atoms with Crippen molar-refractivity contribution in [2.75, 3.05) is 19.5 Å². The van der Waals surface area contributed by atoms with E-state index in [0.717, 1.165) is 0 Å². The van der Waals surface area contributed by atoms with Crippen LogP contribution in [0.25, 0.3) is 0 Å². The number of hydrogen-bond acceptors (Lipinski definition) is 5. The van der Waals surface area contributed by atoms with E-state index in [1.54, 1.807) is 32.2 Å². The number of rotatable bonds is 5. The molecule has 6 nitrogen and oxygen atoms in total. The van der Waals surface area contributed by atoms with Crippen LogP contribution in [0.1, 0.15) is 33.6 Å². The molecule has 2 atom stereocenters. The Morgan fingerprint density at radius 3 is 2.38 bits per heavy atom. The molecule has 1 fully saturated rings. The van der Waals surface area contributed by atoms with Crippen molar-refractivity contribution in [3.63, 3.8) is 0 Å². The third-order valence-electron chi connectivity index (χ3n) is 5.66. The van der Waals surface area contributed by atoms with Crippen LogP contribution in [0.3, 0.4) is 0 Å². The standard InChI is InChI=1S/C18H25NO5/c1-17(2)12(8-9-18(17,3)16(21)22)15(20)19-13-10-11(23-4)6-7-14(13)24-5/h6-7,10,12H,8-9H2,1-5H3,(H,19,20)(H,21,22)/p-1/t12-,18+/m1/s1. The first-order valence-electron chi connectivity index (χ1n) is 7.91. The summed E-state index contributed by atoms with van der Waals surface area (Å²) in [5.41, 5.74) is -1.25. The fourth-order valence-corrected chi connectivity index (χ4v) is 3.46. The van der Waals surface area contributed by atoms with Crippen molar-refractivity contribution in [2.45, 2.75) is 33.6 Å². The molecule has 24 heavy (non-hydrogen) atoms. The minimum atomic E-state index is -1.11. The number of carboxylic acids is 1. The second kappa shape index (κ2) is 6.34. The smallest absolute Gasteiger partial charge is 0.228 e. The van der Waals surface area contributed by atoms with E-state index in [0.29, 0.717) is 30.0 Å². The van der Waals surface area contributed by atoms with Crippen molar-refractivity contribution in [1.29, 1.82) is 0 Å². The van der Waals surface area contributed by atoms with Crippen molar-refractivity contribution >= 4 is 17.6 Å². The third kappa shape index (κ3) is 2.81. The van der Waals surface area contributed by atoms with Gasteiger partial charge in [0.2, 0.25) is 5.91 Å². The number of aliphatic carboxylic acids is 1. The molecule has 2 rings (SSSR count). The quantitative estimate of drug-likeness (QED) is 0.887. The summed E-state index contributed by atoms with van der Waals surface area (Å²) in [5, 5.41) is 14.4. The molecule has 132 valence electrons. The van der Waals surface area contributed by atoms with Gasteiger partial charge in [0, 0.05) is 23.4 Å². The zero-order valence-corrected chi connectivity index (χ0v) is 14.8. The Balaban J connectivity index is 2.27. The van der Waals surface area contributed by atoms with Crippen molar-refractivity contribution in [2.24, 2.45) is 16.7 Å². The van der Waals surface area contributed by atoms with Crippen LogP contribution in [0.5, 0.6) is 11.5 Å². The van der Waals surface area contributed by atoms with E-state index in [9.17, 15) is 14.7 Å². The summed E-state index contributed by atoms with van der Waals surface area (Å²) in [4.78, 5) is 24.4. The highest BCUT2D eigenvalue weighted by atomic mass is 16.5. The highest BCUT2D eigenvalue weighted by Gasteiger charge is 2.54. The fourth-order valence-electron chi connectivity index (χ4n) is 3.46. The molecular weight excluding hydrogens is 310 g/mol. The second-order valence-corrected chi connectivity index (χ2v) is 6.99. The van der Waals surface area contributed by atoms with E-state index in [1.165, 1.54) is 7.11 Å². The van der Waals surface area contributed by atoms with E-state index >= 15 is 0 Å². The molecule has 6 heteroatoms. The SMILES string of the molecule is COc1ccc(OC)c(NC(=O)[C@H]2CC[C@@](C)(C(=O)[O-])C2(C)C)c1. The van der Waals surface area contributed by atoms with E-state index in [-0.39, 0.29) is 5.91 Å². The Labute approximate surface area is 142 Å². The second-order valence-electron chi connectivity index (χ2n) is 6.99. The molecule has 0 aromatic heterocycles. The maximum atomic E-state index is 12.8. The Kier molecular flexibility index (Phi) is 4.78. The number of carbonyl (C=O) groups is 2. The number of anilines is 1. The lowest BCUT2D eigenvalue weighted by Gasteiger charge is -2.41. The summed E-state index contributed by atoms with van der Waals surface area (Å²) in [7, 11) is 3.06. The first-order chi connectivity index (χ1) is 11.2. The molecule has 0 saturated heterocycles. The van der Waals surface area contributed by atoms with Crippen molar-refractivity contribution in [1.82, 2.24) is 0 Å². The average Bonchev–Trinajstić information content (AvgIpc) is 2.78. The van der Waals surface area contributed by atoms with Gasteiger partial charge in [-0.25, -0.2) is 0 Å². The van der Waals surface area contributed by atoms with E-state index in [4.69, 9.17) is 9.47 Å². The van der Waals surface area contributed by atoms with Gasteiger partial charge in [0.15, 0.2) is 0 Å². The minimum absolute atomic E-state index is 0.225. The zero-order valence-electron chi connectivity index (χ0n) is 14.8. The number of carbonyl (C=O) groups excluding carboxylic acids is 2.